The average molecular weight is 662 g/mol. The Balaban J connectivity index is 1.91. The molecule has 2 fully saturated rings. The number of aliphatic hydroxyl groups excluding tert-OH is 3. The largest absolute Gasteiger partial charge is 0.486 e. The van der Waals surface area contributed by atoms with Crippen LogP contribution in [0.15, 0.2) is 21.9 Å². The van der Waals surface area contributed by atoms with Gasteiger partial charge in [0.2, 0.25) is 11.8 Å². The van der Waals surface area contributed by atoms with E-state index in [1.807, 2.05) is 4.98 Å². The van der Waals surface area contributed by atoms with Gasteiger partial charge in [-0.05, 0) is 0 Å². The van der Waals surface area contributed by atoms with Crippen molar-refractivity contribution in [3.05, 3.63) is 33.1 Å². The van der Waals surface area contributed by atoms with Crippen LogP contribution in [-0.4, -0.2) is 113 Å². The van der Waals surface area contributed by atoms with Gasteiger partial charge in [0.25, 0.3) is 5.56 Å². The summed E-state index contributed by atoms with van der Waals surface area (Å²) in [6.45, 7) is 0.787. The maximum atomic E-state index is 13.5. The number of carboxylic acids is 1. The summed E-state index contributed by atoms with van der Waals surface area (Å²) in [4.78, 5) is 79.3. The predicted octanol–water partition coefficient (Wildman–Crippen LogP) is -4.41. The minimum absolute atomic E-state index is 0.685. The molecule has 0 radical (unpaired) electrons. The summed E-state index contributed by atoms with van der Waals surface area (Å²) in [7, 11) is -11.4. The van der Waals surface area contributed by atoms with E-state index in [0.29, 0.717) is 4.57 Å². The number of aliphatic hydroxyl groups is 3. The number of carbonyl (C=O) groups excluding carboxylic acids is 2. The first-order valence-electron chi connectivity index (χ1n) is 12.0. The monoisotopic (exact) mass is 662 g/mol. The van der Waals surface area contributed by atoms with Crippen LogP contribution in [0.25, 0.3) is 0 Å². The molecule has 3 rings (SSSR count). The van der Waals surface area contributed by atoms with Crippen LogP contribution in [0.4, 0.5) is 0 Å². The SMILES string of the molecule is CC(=O)N[C@H]1[C@H](O)[C@@H](C(=O)O)OC(OP(=O)(OC[C@H]2O[C@@H](n3ccc(=O)[nH]c3=O)[C@H](O)[C@@H]2O)OP(=O)(O)O)[C@@H]1NC(C)=O. The van der Waals surface area contributed by atoms with Gasteiger partial charge in [-0.15, -0.1) is 0 Å². The number of rotatable bonds is 11. The van der Waals surface area contributed by atoms with Crippen LogP contribution < -0.4 is 21.9 Å². The highest BCUT2D eigenvalue weighted by atomic mass is 31.3. The lowest BCUT2D eigenvalue weighted by molar-refractivity contribution is -0.224. The van der Waals surface area contributed by atoms with Gasteiger partial charge < -0.3 is 50.3 Å². The number of carboxylic acid groups (broad SMARTS) is 1. The maximum Gasteiger partial charge on any atom is 0.486 e. The van der Waals surface area contributed by atoms with Crippen LogP contribution >= 0.6 is 15.6 Å². The summed E-state index contributed by atoms with van der Waals surface area (Å²) < 4.78 is 50.4. The number of phosphoric ester groups is 1. The van der Waals surface area contributed by atoms with Gasteiger partial charge in [-0.3, -0.25) is 33.0 Å². The van der Waals surface area contributed by atoms with Crippen LogP contribution in [0.1, 0.15) is 20.1 Å². The van der Waals surface area contributed by atoms with E-state index in [9.17, 15) is 63.3 Å². The van der Waals surface area contributed by atoms with Gasteiger partial charge in [0.05, 0.1) is 12.6 Å². The third-order valence-electron chi connectivity index (χ3n) is 5.92. The van der Waals surface area contributed by atoms with Crippen molar-refractivity contribution in [3.8, 4) is 0 Å². The number of aliphatic carboxylic acids is 1. The zero-order chi connectivity index (χ0) is 32.4. The molecule has 43 heavy (non-hydrogen) atoms. The molecule has 1 aromatic rings. The second kappa shape index (κ2) is 13.4. The molecule has 9 N–H and O–H groups in total. The highest BCUT2D eigenvalue weighted by Crippen LogP contribution is 2.62. The van der Waals surface area contributed by atoms with Crippen LogP contribution in [0, 0.1) is 0 Å². The molecule has 242 valence electrons. The Kier molecular flexibility index (Phi) is 10.8. The first kappa shape index (κ1) is 34.6. The number of amides is 2. The first-order valence-corrected chi connectivity index (χ1v) is 14.9. The summed E-state index contributed by atoms with van der Waals surface area (Å²) in [6, 6.07) is -2.57. The second-order valence-electron chi connectivity index (χ2n) is 9.19. The molecule has 2 saturated heterocycles. The number of ether oxygens (including phenoxy) is 2. The number of nitrogens with zero attached hydrogens (tertiary/aromatic N) is 1. The molecular weight excluding hydrogens is 634 g/mol. The number of phosphoric acid groups is 2. The molecule has 0 spiro atoms. The molecule has 2 aliphatic rings. The minimum Gasteiger partial charge on any atom is -0.479 e. The van der Waals surface area contributed by atoms with Crippen LogP contribution in [0.5, 0.6) is 0 Å². The summed E-state index contributed by atoms with van der Waals surface area (Å²) >= 11 is 0. The Bertz CT molecular complexity index is 1430. The molecule has 2 aliphatic heterocycles. The standard InChI is InChI=1S/C19H28N4O18P2/c1-6(24)20-10-11(21-7(2)25)18(39-15(13(10)28)17(30)31)40-43(36,41-42(33,34)35)37-5-8-12(27)14(29)16(38-8)23-4-3-9(26)22-19(23)32/h3-4,8,10-16,18,27-29H,5H2,1-2H3,(H,20,24)(H,21,25)(H,30,31)(H,22,26,32)(H2,33,34,35)/t8-,10-,11-,12-,13+,14-,15+,16-,18?,43?/m1/s1. The molecule has 1 aromatic heterocycles. The number of H-pyrrole nitrogens is 1. The van der Waals surface area contributed by atoms with Gasteiger partial charge in [-0.1, -0.05) is 0 Å². The van der Waals surface area contributed by atoms with Gasteiger partial charge in [-0.2, -0.15) is 4.31 Å². The fourth-order valence-corrected chi connectivity index (χ4v) is 6.41. The molecule has 2 amide bonds. The predicted molar refractivity (Wildman–Crippen MR) is 133 cm³/mol. The zero-order valence-corrected chi connectivity index (χ0v) is 23.8. The molecule has 0 aliphatic carbocycles. The number of nitrogens with one attached hydrogen (secondary N) is 3. The summed E-state index contributed by atoms with van der Waals surface area (Å²) in [6.07, 6.45) is -12.7. The quantitative estimate of drug-likeness (QED) is 0.101. The number of aromatic nitrogens is 2. The smallest absolute Gasteiger partial charge is 0.479 e. The third-order valence-corrected chi connectivity index (χ3v) is 8.50. The zero-order valence-electron chi connectivity index (χ0n) is 22.0. The number of carbonyl (C=O) groups is 3. The molecule has 0 bridgehead atoms. The van der Waals surface area contributed by atoms with Gasteiger partial charge >= 0.3 is 27.3 Å². The van der Waals surface area contributed by atoms with E-state index in [1.165, 1.54) is 0 Å². The van der Waals surface area contributed by atoms with Crippen molar-refractivity contribution in [2.75, 3.05) is 6.61 Å². The lowest BCUT2D eigenvalue weighted by Crippen LogP contribution is -2.69. The number of hydrogen-bond donors (Lipinski definition) is 9. The molecule has 0 saturated carbocycles. The van der Waals surface area contributed by atoms with Gasteiger partial charge in [0.1, 0.15) is 30.5 Å². The molecule has 10 atom stereocenters. The Hall–Kier alpha value is -2.85. The molecule has 24 heteroatoms. The van der Waals surface area contributed by atoms with E-state index < -0.39 is 106 Å². The van der Waals surface area contributed by atoms with Crippen molar-refractivity contribution in [1.82, 2.24) is 20.2 Å². The Morgan fingerprint density at radius 3 is 2.14 bits per heavy atom. The fourth-order valence-electron chi connectivity index (χ4n) is 4.20. The van der Waals surface area contributed by atoms with E-state index in [-0.39, 0.29) is 0 Å². The van der Waals surface area contributed by atoms with E-state index in [0.717, 1.165) is 26.1 Å². The molecular formula is C19H28N4O18P2. The Morgan fingerprint density at radius 1 is 1.00 bits per heavy atom. The lowest BCUT2D eigenvalue weighted by Gasteiger charge is -2.43. The van der Waals surface area contributed by atoms with E-state index >= 15 is 0 Å². The molecule has 2 unspecified atom stereocenters. The average Bonchev–Trinajstić information content (AvgIpc) is 3.13. The third kappa shape index (κ3) is 8.62. The maximum absolute atomic E-state index is 13.5. The molecule has 0 aromatic carbocycles. The lowest BCUT2D eigenvalue weighted by atomic mass is 9.93. The van der Waals surface area contributed by atoms with E-state index in [1.54, 1.807) is 0 Å². The fraction of sp³-hybridized carbons (Fsp3) is 0.632. The second-order valence-corrected chi connectivity index (χ2v) is 12.2. The van der Waals surface area contributed by atoms with E-state index in [4.69, 9.17) is 18.5 Å². The number of aromatic amines is 1. The minimum atomic E-state index is -5.77. The molecule has 3 heterocycles. The number of hydrogen-bond acceptors (Lipinski definition) is 15. The van der Waals surface area contributed by atoms with Gasteiger partial charge in [0, 0.05) is 26.1 Å². The first-order chi connectivity index (χ1) is 19.8. The summed E-state index contributed by atoms with van der Waals surface area (Å²) in [5, 5.41) is 45.1. The Morgan fingerprint density at radius 2 is 1.60 bits per heavy atom. The van der Waals surface area contributed by atoms with Gasteiger partial charge in [0.15, 0.2) is 18.6 Å². The van der Waals surface area contributed by atoms with Crippen molar-refractivity contribution in [1.29, 1.82) is 0 Å². The van der Waals surface area contributed by atoms with Crippen molar-refractivity contribution in [3.63, 3.8) is 0 Å². The van der Waals surface area contributed by atoms with Crippen molar-refractivity contribution in [2.24, 2.45) is 0 Å². The van der Waals surface area contributed by atoms with Crippen molar-refractivity contribution in [2.45, 2.75) is 69.0 Å². The highest BCUT2D eigenvalue weighted by molar-refractivity contribution is 7.61. The topological polar surface area (TPSA) is 332 Å². The normalized spacial score (nSPS) is 32.5. The van der Waals surface area contributed by atoms with Crippen LogP contribution in [0.2, 0.25) is 0 Å². The van der Waals surface area contributed by atoms with E-state index in [2.05, 4.69) is 14.9 Å². The van der Waals surface area contributed by atoms with Crippen molar-refractivity contribution >= 4 is 33.4 Å². The van der Waals surface area contributed by atoms with Crippen LogP contribution in [-0.2, 0) is 46.3 Å². The Labute approximate surface area is 239 Å². The summed E-state index contributed by atoms with van der Waals surface area (Å²) in [5.74, 6) is -3.54. The summed E-state index contributed by atoms with van der Waals surface area (Å²) in [5.41, 5.74) is -1.84. The highest BCUT2D eigenvalue weighted by Gasteiger charge is 2.53. The van der Waals surface area contributed by atoms with Crippen molar-refractivity contribution < 1.29 is 76.6 Å². The van der Waals surface area contributed by atoms with Crippen LogP contribution in [0.3, 0.4) is 0 Å². The van der Waals surface area contributed by atoms with Gasteiger partial charge in [-0.25, -0.2) is 18.7 Å². The molecule has 22 nitrogen and oxygen atoms in total.